The number of ether oxygens (including phenoxy) is 1. The van der Waals surface area contributed by atoms with Crippen molar-refractivity contribution in [2.45, 2.75) is 0 Å². The van der Waals surface area contributed by atoms with Crippen molar-refractivity contribution in [1.82, 2.24) is 0 Å². The third kappa shape index (κ3) is 8.36. The fourth-order valence-corrected chi connectivity index (χ4v) is 0.540. The molecule has 0 aliphatic heterocycles. The average Bonchev–Trinajstić information content (AvgIpc) is 1.78. The van der Waals surface area contributed by atoms with E-state index in [4.69, 9.17) is 21.4 Å². The van der Waals surface area contributed by atoms with Crippen LogP contribution in [-0.2, 0) is 13.8 Å². The molecule has 0 aliphatic carbocycles. The number of phosphoric acid groups is 1. The third-order valence-corrected chi connectivity index (χ3v) is 1.12. The number of rotatable bonds is 5. The molecule has 0 rings (SSSR count). The highest BCUT2D eigenvalue weighted by atomic mass is 35.5. The van der Waals surface area contributed by atoms with E-state index in [0.29, 0.717) is 0 Å². The monoisotopic (exact) mass is 190 g/mol. The summed E-state index contributed by atoms with van der Waals surface area (Å²) in [7, 11) is -4.37. The van der Waals surface area contributed by atoms with E-state index in [1.165, 1.54) is 0 Å². The Morgan fingerprint density at radius 2 is 2.10 bits per heavy atom. The molecule has 0 saturated carbocycles. The zero-order valence-electron chi connectivity index (χ0n) is 5.07. The van der Waals surface area contributed by atoms with Crippen molar-refractivity contribution in [1.29, 1.82) is 0 Å². The quantitative estimate of drug-likeness (QED) is 0.282. The smallest absolute Gasteiger partial charge is 0.354 e. The minimum atomic E-state index is -4.37. The Bertz CT molecular complexity index is 122. The molecule has 0 heterocycles. The van der Waals surface area contributed by atoms with Crippen LogP contribution in [0, 0.1) is 0 Å². The van der Waals surface area contributed by atoms with Gasteiger partial charge in [-0.05, 0) is 0 Å². The van der Waals surface area contributed by atoms with Crippen LogP contribution in [-0.4, -0.2) is 29.1 Å². The highest BCUT2D eigenvalue weighted by Gasteiger charge is 2.12. The van der Waals surface area contributed by atoms with Gasteiger partial charge in [0.05, 0.1) is 6.61 Å². The van der Waals surface area contributed by atoms with Crippen LogP contribution >= 0.6 is 19.4 Å². The number of halogens is 1. The molecule has 0 aliphatic rings. The summed E-state index contributed by atoms with van der Waals surface area (Å²) in [5.41, 5.74) is 0. The van der Waals surface area contributed by atoms with Crippen LogP contribution < -0.4 is 0 Å². The lowest BCUT2D eigenvalue weighted by atomic mass is 10.9. The van der Waals surface area contributed by atoms with E-state index in [9.17, 15) is 4.57 Å². The number of phosphoric ester groups is 1. The lowest BCUT2D eigenvalue weighted by Crippen LogP contribution is -2.00. The van der Waals surface area contributed by atoms with Gasteiger partial charge in [-0.1, -0.05) is 0 Å². The molecule has 2 N–H and O–H groups in total. The van der Waals surface area contributed by atoms with Crippen molar-refractivity contribution in [2.24, 2.45) is 0 Å². The maximum atomic E-state index is 9.95. The van der Waals surface area contributed by atoms with Gasteiger partial charge < -0.3 is 14.5 Å². The molecule has 5 nitrogen and oxygen atoms in total. The molecule has 0 radical (unpaired) electrons. The molecule has 10 heavy (non-hydrogen) atoms. The predicted molar refractivity (Wildman–Crippen MR) is 34.7 cm³/mol. The van der Waals surface area contributed by atoms with E-state index < -0.39 is 14.6 Å². The van der Waals surface area contributed by atoms with Gasteiger partial charge in [-0.3, -0.25) is 4.52 Å². The van der Waals surface area contributed by atoms with E-state index >= 15 is 0 Å². The summed E-state index contributed by atoms with van der Waals surface area (Å²) in [6.45, 7) is -0.224. The van der Waals surface area contributed by atoms with Gasteiger partial charge in [0.2, 0.25) is 0 Å². The Balaban J connectivity index is 3.13. The highest BCUT2D eigenvalue weighted by Crippen LogP contribution is 2.35. The Labute approximate surface area is 63.1 Å². The third-order valence-electron chi connectivity index (χ3n) is 0.526. The molecule has 0 aromatic heterocycles. The summed E-state index contributed by atoms with van der Waals surface area (Å²) in [4.78, 5) is 16.2. The Morgan fingerprint density at radius 1 is 1.50 bits per heavy atom. The predicted octanol–water partition coefficient (Wildman–Crippen LogP) is 0.309. The summed E-state index contributed by atoms with van der Waals surface area (Å²) in [5, 5.41) is 0. The van der Waals surface area contributed by atoms with E-state index in [0.717, 1.165) is 0 Å². The van der Waals surface area contributed by atoms with Crippen molar-refractivity contribution in [2.75, 3.05) is 19.3 Å². The lowest BCUT2D eigenvalue weighted by molar-refractivity contribution is 0.00526. The minimum absolute atomic E-state index is 0.210. The molecular weight excluding hydrogens is 182 g/mol. The normalized spacial score (nSPS) is 11.9. The van der Waals surface area contributed by atoms with Crippen LogP contribution in [0.15, 0.2) is 0 Å². The van der Waals surface area contributed by atoms with E-state index in [1.54, 1.807) is 0 Å². The largest absolute Gasteiger partial charge is 0.471 e. The van der Waals surface area contributed by atoms with E-state index in [1.807, 2.05) is 0 Å². The fourth-order valence-electron chi connectivity index (χ4n) is 0.219. The van der Waals surface area contributed by atoms with Crippen LogP contribution in [0.3, 0.4) is 0 Å². The van der Waals surface area contributed by atoms with Gasteiger partial charge in [0.1, 0.15) is 0 Å². The molecule has 0 atom stereocenters. The van der Waals surface area contributed by atoms with Crippen molar-refractivity contribution < 1.29 is 23.6 Å². The number of hydrogen-bond donors (Lipinski definition) is 2. The first kappa shape index (κ1) is 10.4. The topological polar surface area (TPSA) is 76.0 Å². The first-order chi connectivity index (χ1) is 4.56. The summed E-state index contributed by atoms with van der Waals surface area (Å²) in [5.74, 6) is 0.268. The van der Waals surface area contributed by atoms with Crippen molar-refractivity contribution in [3.05, 3.63) is 0 Å². The van der Waals surface area contributed by atoms with Crippen LogP contribution in [0.2, 0.25) is 0 Å². The van der Waals surface area contributed by atoms with Crippen LogP contribution in [0.5, 0.6) is 0 Å². The molecule has 0 aromatic carbocycles. The van der Waals surface area contributed by atoms with E-state index in [2.05, 4.69) is 9.26 Å². The molecule has 0 fully saturated rings. The summed E-state index contributed by atoms with van der Waals surface area (Å²) >= 11 is 5.18. The summed E-state index contributed by atoms with van der Waals surface area (Å²) in [6.07, 6.45) is 0. The molecule has 0 bridgehead atoms. The Kier molecular flexibility index (Phi) is 5.25. The van der Waals surface area contributed by atoms with Gasteiger partial charge in [-0.25, -0.2) is 4.57 Å². The molecule has 0 spiro atoms. The first-order valence-corrected chi connectivity index (χ1v) is 4.46. The van der Waals surface area contributed by atoms with Crippen molar-refractivity contribution in [3.63, 3.8) is 0 Å². The zero-order chi connectivity index (χ0) is 8.04. The standard InChI is InChI=1S/C3H8ClO5P/c4-1-2-8-3-9-10(5,6)7/h1-3H2,(H2,5,6,7). The SMILES string of the molecule is O=P(O)(O)OCOCCCl. The fraction of sp³-hybridized carbons (Fsp3) is 1.00. The molecule has 0 saturated heterocycles. The number of hydrogen-bond acceptors (Lipinski definition) is 3. The van der Waals surface area contributed by atoms with Crippen molar-refractivity contribution in [3.8, 4) is 0 Å². The van der Waals surface area contributed by atoms with Crippen molar-refractivity contribution >= 4 is 19.4 Å². The van der Waals surface area contributed by atoms with Crippen LogP contribution in [0.1, 0.15) is 0 Å². The van der Waals surface area contributed by atoms with Gasteiger partial charge in [-0.15, -0.1) is 11.6 Å². The minimum Gasteiger partial charge on any atom is -0.354 e. The molecule has 0 aromatic rings. The molecule has 0 unspecified atom stereocenters. The van der Waals surface area contributed by atoms with Gasteiger partial charge in [0.25, 0.3) is 0 Å². The highest BCUT2D eigenvalue weighted by molar-refractivity contribution is 7.46. The van der Waals surface area contributed by atoms with Gasteiger partial charge in [0.15, 0.2) is 6.79 Å². The maximum absolute atomic E-state index is 9.95. The van der Waals surface area contributed by atoms with Crippen LogP contribution in [0.4, 0.5) is 0 Å². The Morgan fingerprint density at radius 3 is 2.50 bits per heavy atom. The van der Waals surface area contributed by atoms with Gasteiger partial charge >= 0.3 is 7.82 Å². The number of alkyl halides is 1. The molecule has 62 valence electrons. The van der Waals surface area contributed by atoms with Gasteiger partial charge in [-0.2, -0.15) is 0 Å². The molecule has 7 heteroatoms. The van der Waals surface area contributed by atoms with Gasteiger partial charge in [0, 0.05) is 5.88 Å². The zero-order valence-corrected chi connectivity index (χ0v) is 6.72. The van der Waals surface area contributed by atoms with Crippen LogP contribution in [0.25, 0.3) is 0 Å². The Hall–Kier alpha value is 0.360. The lowest BCUT2D eigenvalue weighted by Gasteiger charge is -2.03. The maximum Gasteiger partial charge on any atom is 0.471 e. The molecular formula is C3H8ClO5P. The second-order valence-electron chi connectivity index (χ2n) is 1.33. The second-order valence-corrected chi connectivity index (χ2v) is 2.95. The second kappa shape index (κ2) is 5.07. The summed E-state index contributed by atoms with van der Waals surface area (Å²) < 4.78 is 18.4. The summed E-state index contributed by atoms with van der Waals surface area (Å²) in [6, 6.07) is 0. The first-order valence-electron chi connectivity index (χ1n) is 2.40. The molecule has 0 amide bonds. The average molecular weight is 191 g/mol. The van der Waals surface area contributed by atoms with E-state index in [-0.39, 0.29) is 12.5 Å².